The van der Waals surface area contributed by atoms with Crippen LogP contribution in [0.1, 0.15) is 41.3 Å². The number of hydrogen-bond acceptors (Lipinski definition) is 4. The lowest BCUT2D eigenvalue weighted by Gasteiger charge is -2.22. The molecule has 2 aromatic carbocycles. The van der Waals surface area contributed by atoms with E-state index >= 15 is 0 Å². The van der Waals surface area contributed by atoms with Gasteiger partial charge in [0.2, 0.25) is 0 Å². The van der Waals surface area contributed by atoms with Gasteiger partial charge in [-0.15, -0.1) is 0 Å². The fourth-order valence-corrected chi connectivity index (χ4v) is 3.41. The van der Waals surface area contributed by atoms with Gasteiger partial charge in [0, 0.05) is 5.69 Å². The highest BCUT2D eigenvalue weighted by molar-refractivity contribution is 6.33. The van der Waals surface area contributed by atoms with Gasteiger partial charge in [0.1, 0.15) is 5.75 Å². The third kappa shape index (κ3) is 4.42. The van der Waals surface area contributed by atoms with Gasteiger partial charge in [0.25, 0.3) is 5.91 Å². The lowest BCUT2D eigenvalue weighted by atomic mass is 9.91. The summed E-state index contributed by atoms with van der Waals surface area (Å²) < 4.78 is 10.6. The first-order valence-electron chi connectivity index (χ1n) is 8.95. The maximum Gasteiger partial charge on any atom is 0.339 e. The van der Waals surface area contributed by atoms with Crippen LogP contribution in [0.3, 0.4) is 0 Å². The molecule has 27 heavy (non-hydrogen) atoms. The summed E-state index contributed by atoms with van der Waals surface area (Å²) in [6.45, 7) is 1.70. The Morgan fingerprint density at radius 3 is 2.70 bits per heavy atom. The third-order valence-corrected chi connectivity index (χ3v) is 4.99. The quantitative estimate of drug-likeness (QED) is 0.772. The van der Waals surface area contributed by atoms with Crippen molar-refractivity contribution in [3.8, 4) is 5.75 Å². The van der Waals surface area contributed by atoms with E-state index in [0.29, 0.717) is 5.69 Å². The van der Waals surface area contributed by atoms with E-state index in [-0.39, 0.29) is 16.5 Å². The zero-order valence-corrected chi connectivity index (χ0v) is 16.1. The topological polar surface area (TPSA) is 64.6 Å². The van der Waals surface area contributed by atoms with Crippen molar-refractivity contribution in [3.05, 3.63) is 58.1 Å². The Hall–Kier alpha value is -2.53. The van der Waals surface area contributed by atoms with Crippen LogP contribution in [0, 0.1) is 0 Å². The van der Waals surface area contributed by atoms with E-state index in [9.17, 15) is 9.59 Å². The molecule has 0 bridgehead atoms. The van der Waals surface area contributed by atoms with Crippen LogP contribution < -0.4 is 10.1 Å². The summed E-state index contributed by atoms with van der Waals surface area (Å²) in [5.41, 5.74) is 3.15. The fraction of sp³-hybridized carbons (Fsp3) is 0.333. The molecule has 0 unspecified atom stereocenters. The maximum absolute atomic E-state index is 12.5. The minimum Gasteiger partial charge on any atom is -0.481 e. The number of methoxy groups -OCH3 is 1. The molecule has 5 nitrogen and oxygen atoms in total. The number of fused-ring (bicyclic) bond motifs is 1. The number of amides is 1. The van der Waals surface area contributed by atoms with Gasteiger partial charge in [-0.3, -0.25) is 4.79 Å². The number of ether oxygens (including phenoxy) is 2. The molecule has 0 aromatic heterocycles. The number of carbonyl (C=O) groups excluding carboxylic acids is 2. The van der Waals surface area contributed by atoms with E-state index in [2.05, 4.69) is 11.4 Å². The Morgan fingerprint density at radius 2 is 1.93 bits per heavy atom. The van der Waals surface area contributed by atoms with Crippen molar-refractivity contribution in [2.45, 2.75) is 38.7 Å². The first kappa shape index (κ1) is 19.2. The predicted octanol–water partition coefficient (Wildman–Crippen LogP) is 4.41. The molecule has 2 aromatic rings. The summed E-state index contributed by atoms with van der Waals surface area (Å²) in [5.74, 6) is -0.0981. The fourth-order valence-electron chi connectivity index (χ4n) is 3.21. The standard InChI is InChI=1S/C21H22ClNO4/c1-13(27-19-9-5-7-14-6-3-4-8-16(14)19)20(24)23-15-10-11-18(22)17(12-15)21(25)26-2/h5,7,9-13H,3-4,6,8H2,1-2H3,(H,23,24)/t13-/m1/s1. The number of esters is 1. The number of hydrogen-bond donors (Lipinski definition) is 1. The summed E-state index contributed by atoms with van der Waals surface area (Å²) in [6, 6.07) is 10.7. The molecule has 0 saturated heterocycles. The molecule has 6 heteroatoms. The van der Waals surface area contributed by atoms with Crippen LogP contribution >= 0.6 is 11.6 Å². The van der Waals surface area contributed by atoms with Crippen LogP contribution in [0.25, 0.3) is 0 Å². The first-order valence-corrected chi connectivity index (χ1v) is 9.33. The second-order valence-electron chi connectivity index (χ2n) is 6.54. The monoisotopic (exact) mass is 387 g/mol. The van der Waals surface area contributed by atoms with Crippen LogP contribution in [-0.2, 0) is 22.4 Å². The van der Waals surface area contributed by atoms with E-state index in [1.807, 2.05) is 12.1 Å². The maximum atomic E-state index is 12.5. The second kappa shape index (κ2) is 8.44. The summed E-state index contributed by atoms with van der Waals surface area (Å²) in [5, 5.41) is 3.02. The molecule has 0 spiro atoms. The zero-order valence-electron chi connectivity index (χ0n) is 15.4. The van der Waals surface area contributed by atoms with Crippen molar-refractivity contribution in [2.24, 2.45) is 0 Å². The molecule has 3 rings (SSSR count). The number of rotatable bonds is 5. The average Bonchev–Trinajstić information content (AvgIpc) is 2.69. The van der Waals surface area contributed by atoms with Crippen molar-refractivity contribution >= 4 is 29.2 Å². The van der Waals surface area contributed by atoms with Crippen molar-refractivity contribution in [3.63, 3.8) is 0 Å². The Bertz CT molecular complexity index is 865. The van der Waals surface area contributed by atoms with Gasteiger partial charge < -0.3 is 14.8 Å². The van der Waals surface area contributed by atoms with Gasteiger partial charge in [-0.2, -0.15) is 0 Å². The molecule has 0 saturated carbocycles. The van der Waals surface area contributed by atoms with Crippen LogP contribution in [-0.4, -0.2) is 25.1 Å². The minimum atomic E-state index is -0.685. The highest BCUT2D eigenvalue weighted by atomic mass is 35.5. The van der Waals surface area contributed by atoms with Crippen molar-refractivity contribution in [1.82, 2.24) is 0 Å². The molecule has 0 radical (unpaired) electrons. The first-order chi connectivity index (χ1) is 13.0. The number of halogens is 1. The summed E-state index contributed by atoms with van der Waals surface area (Å²) in [4.78, 5) is 24.3. The highest BCUT2D eigenvalue weighted by Crippen LogP contribution is 2.30. The van der Waals surface area contributed by atoms with Crippen LogP contribution in [0.15, 0.2) is 36.4 Å². The second-order valence-corrected chi connectivity index (χ2v) is 6.94. The summed E-state index contributed by atoms with van der Waals surface area (Å²) >= 11 is 6.01. The molecular weight excluding hydrogens is 366 g/mol. The third-order valence-electron chi connectivity index (χ3n) is 4.67. The van der Waals surface area contributed by atoms with Crippen LogP contribution in [0.2, 0.25) is 5.02 Å². The molecule has 1 aliphatic rings. The molecule has 142 valence electrons. The molecule has 1 atom stereocenters. The van der Waals surface area contributed by atoms with Crippen molar-refractivity contribution < 1.29 is 19.1 Å². The summed E-state index contributed by atoms with van der Waals surface area (Å²) in [7, 11) is 1.28. The lowest BCUT2D eigenvalue weighted by Crippen LogP contribution is -2.30. The predicted molar refractivity (Wildman–Crippen MR) is 105 cm³/mol. The number of anilines is 1. The molecular formula is C21H22ClNO4. The molecule has 1 amide bonds. The highest BCUT2D eigenvalue weighted by Gasteiger charge is 2.20. The number of aryl methyl sites for hydroxylation is 1. The van der Waals surface area contributed by atoms with E-state index in [4.69, 9.17) is 21.1 Å². The van der Waals surface area contributed by atoms with E-state index < -0.39 is 12.1 Å². The van der Waals surface area contributed by atoms with E-state index in [1.54, 1.807) is 19.1 Å². The molecule has 0 heterocycles. The van der Waals surface area contributed by atoms with E-state index in [1.165, 1.54) is 30.7 Å². The number of carbonyl (C=O) groups is 2. The van der Waals surface area contributed by atoms with Crippen molar-refractivity contribution in [2.75, 3.05) is 12.4 Å². The average molecular weight is 388 g/mol. The number of nitrogens with one attached hydrogen (secondary N) is 1. The lowest BCUT2D eigenvalue weighted by molar-refractivity contribution is -0.122. The Kier molecular flexibility index (Phi) is 6.01. The van der Waals surface area contributed by atoms with Gasteiger partial charge in [-0.05, 0) is 68.0 Å². The molecule has 1 N–H and O–H groups in total. The Labute approximate surface area is 163 Å². The Balaban J connectivity index is 1.71. The van der Waals surface area contributed by atoms with Gasteiger partial charge in [-0.25, -0.2) is 4.79 Å². The van der Waals surface area contributed by atoms with Gasteiger partial charge in [0.15, 0.2) is 6.10 Å². The number of benzene rings is 2. The zero-order chi connectivity index (χ0) is 19.4. The minimum absolute atomic E-state index is 0.197. The van der Waals surface area contributed by atoms with Gasteiger partial charge >= 0.3 is 5.97 Å². The van der Waals surface area contributed by atoms with Gasteiger partial charge in [0.05, 0.1) is 17.7 Å². The van der Waals surface area contributed by atoms with E-state index in [0.717, 1.165) is 25.0 Å². The molecule has 1 aliphatic carbocycles. The Morgan fingerprint density at radius 1 is 1.15 bits per heavy atom. The van der Waals surface area contributed by atoms with Crippen molar-refractivity contribution in [1.29, 1.82) is 0 Å². The smallest absolute Gasteiger partial charge is 0.339 e. The van der Waals surface area contributed by atoms with Crippen LogP contribution in [0.5, 0.6) is 5.75 Å². The summed E-state index contributed by atoms with van der Waals surface area (Å²) in [6.07, 6.45) is 3.66. The SMILES string of the molecule is COC(=O)c1cc(NC(=O)[C@@H](C)Oc2cccc3c2CCCC3)ccc1Cl. The molecule has 0 aliphatic heterocycles. The van der Waals surface area contributed by atoms with Crippen LogP contribution in [0.4, 0.5) is 5.69 Å². The normalized spacial score (nSPS) is 14.0. The van der Waals surface area contributed by atoms with Gasteiger partial charge in [-0.1, -0.05) is 23.7 Å². The largest absolute Gasteiger partial charge is 0.481 e. The molecule has 0 fully saturated rings.